The SMILES string of the molecule is Cc1nnc(CN=C(NCCN2CCOCC2)NCC2(c3cccc(Cl)c3)CC2)n1C.I. The van der Waals surface area contributed by atoms with Gasteiger partial charge in [-0.3, -0.25) is 4.90 Å². The number of ether oxygens (including phenoxy) is 1. The Bertz CT molecular complexity index is 909. The first-order chi connectivity index (χ1) is 15.1. The van der Waals surface area contributed by atoms with Crippen molar-refractivity contribution in [3.63, 3.8) is 0 Å². The highest BCUT2D eigenvalue weighted by molar-refractivity contribution is 14.0. The van der Waals surface area contributed by atoms with Gasteiger partial charge in [0.15, 0.2) is 11.8 Å². The van der Waals surface area contributed by atoms with Gasteiger partial charge in [-0.25, -0.2) is 4.99 Å². The molecule has 2 fully saturated rings. The maximum atomic E-state index is 6.23. The third kappa shape index (κ3) is 6.55. The predicted molar refractivity (Wildman–Crippen MR) is 138 cm³/mol. The molecule has 8 nitrogen and oxygen atoms in total. The first-order valence-corrected chi connectivity index (χ1v) is 11.4. The zero-order chi connectivity index (χ0) is 21.7. The highest BCUT2D eigenvalue weighted by Crippen LogP contribution is 2.48. The number of hydrogen-bond acceptors (Lipinski definition) is 5. The van der Waals surface area contributed by atoms with Gasteiger partial charge in [0.1, 0.15) is 12.4 Å². The van der Waals surface area contributed by atoms with Gasteiger partial charge in [0, 0.05) is 50.2 Å². The Kier molecular flexibility index (Phi) is 9.15. The molecule has 0 radical (unpaired) electrons. The molecule has 2 heterocycles. The molecule has 1 aliphatic heterocycles. The monoisotopic (exact) mass is 573 g/mol. The molecule has 4 rings (SSSR count). The Morgan fingerprint density at radius 3 is 2.66 bits per heavy atom. The van der Waals surface area contributed by atoms with Gasteiger partial charge in [-0.1, -0.05) is 23.7 Å². The van der Waals surface area contributed by atoms with Crippen molar-refractivity contribution in [2.24, 2.45) is 12.0 Å². The fourth-order valence-corrected chi connectivity index (χ4v) is 4.05. The summed E-state index contributed by atoms with van der Waals surface area (Å²) in [7, 11) is 1.97. The van der Waals surface area contributed by atoms with Crippen LogP contribution in [0.5, 0.6) is 0 Å². The maximum Gasteiger partial charge on any atom is 0.191 e. The summed E-state index contributed by atoms with van der Waals surface area (Å²) in [6.07, 6.45) is 2.31. The molecule has 10 heteroatoms. The molecule has 0 atom stereocenters. The molecular formula is C22H33ClIN7O. The van der Waals surface area contributed by atoms with Crippen LogP contribution in [-0.4, -0.2) is 71.6 Å². The second-order valence-corrected chi connectivity index (χ2v) is 8.85. The van der Waals surface area contributed by atoms with Gasteiger partial charge < -0.3 is 19.9 Å². The molecule has 2 aliphatic rings. The van der Waals surface area contributed by atoms with E-state index in [9.17, 15) is 0 Å². The van der Waals surface area contributed by atoms with Crippen LogP contribution in [0.3, 0.4) is 0 Å². The van der Waals surface area contributed by atoms with E-state index in [1.807, 2.05) is 30.7 Å². The molecule has 2 N–H and O–H groups in total. The van der Waals surface area contributed by atoms with Crippen molar-refractivity contribution < 1.29 is 4.74 Å². The molecular weight excluding hydrogens is 541 g/mol. The molecule has 32 heavy (non-hydrogen) atoms. The first-order valence-electron chi connectivity index (χ1n) is 11.0. The number of aryl methyl sites for hydroxylation is 1. The lowest BCUT2D eigenvalue weighted by atomic mass is 9.96. The number of halogens is 2. The summed E-state index contributed by atoms with van der Waals surface area (Å²) in [5, 5.41) is 16.2. The van der Waals surface area contributed by atoms with Crippen LogP contribution in [0.15, 0.2) is 29.3 Å². The lowest BCUT2D eigenvalue weighted by Gasteiger charge is -2.27. The number of guanidine groups is 1. The fourth-order valence-electron chi connectivity index (χ4n) is 3.86. The van der Waals surface area contributed by atoms with Gasteiger partial charge in [0.25, 0.3) is 0 Å². The summed E-state index contributed by atoms with van der Waals surface area (Å²) in [6.45, 7) is 8.64. The summed E-state index contributed by atoms with van der Waals surface area (Å²) in [6, 6.07) is 8.22. The molecule has 1 saturated carbocycles. The zero-order valence-corrected chi connectivity index (χ0v) is 21.9. The Hall–Kier alpha value is -1.43. The van der Waals surface area contributed by atoms with Crippen molar-refractivity contribution in [1.29, 1.82) is 0 Å². The maximum absolute atomic E-state index is 6.23. The Labute approximate surface area is 212 Å². The van der Waals surface area contributed by atoms with Gasteiger partial charge >= 0.3 is 0 Å². The Morgan fingerprint density at radius 1 is 1.22 bits per heavy atom. The van der Waals surface area contributed by atoms with Crippen molar-refractivity contribution in [2.75, 3.05) is 45.9 Å². The standard InChI is InChI=1S/C22H32ClN7O.HI/c1-17-27-28-20(29(17)2)15-25-21(24-8-9-30-10-12-31-13-11-30)26-16-22(6-7-22)18-4-3-5-19(23)14-18;/h3-5,14H,6-13,15-16H2,1-2H3,(H2,24,25,26);1H. The fraction of sp³-hybridized carbons (Fsp3) is 0.591. The number of aliphatic imine (C=N–C) groups is 1. The van der Waals surface area contributed by atoms with Crippen LogP contribution in [-0.2, 0) is 23.7 Å². The van der Waals surface area contributed by atoms with Crippen molar-refractivity contribution >= 4 is 41.5 Å². The van der Waals surface area contributed by atoms with Crippen LogP contribution in [0.4, 0.5) is 0 Å². The number of nitrogens with zero attached hydrogens (tertiary/aromatic N) is 5. The van der Waals surface area contributed by atoms with E-state index in [-0.39, 0.29) is 29.4 Å². The lowest BCUT2D eigenvalue weighted by Crippen LogP contribution is -2.46. The second kappa shape index (κ2) is 11.6. The summed E-state index contributed by atoms with van der Waals surface area (Å²) in [5.74, 6) is 2.54. The average Bonchev–Trinajstić information content (AvgIpc) is 3.51. The third-order valence-electron chi connectivity index (χ3n) is 6.27. The second-order valence-electron chi connectivity index (χ2n) is 8.41. The topological polar surface area (TPSA) is 79.6 Å². The third-order valence-corrected chi connectivity index (χ3v) is 6.51. The Balaban J connectivity index is 0.00000289. The molecule has 2 aromatic rings. The van der Waals surface area contributed by atoms with Crippen molar-refractivity contribution in [1.82, 2.24) is 30.3 Å². The molecule has 1 aromatic heterocycles. The van der Waals surface area contributed by atoms with Gasteiger partial charge in [0.05, 0.1) is 13.2 Å². The number of benzene rings is 1. The molecule has 0 bridgehead atoms. The van der Waals surface area contributed by atoms with Crippen LogP contribution >= 0.6 is 35.6 Å². The predicted octanol–water partition coefficient (Wildman–Crippen LogP) is 2.49. The van der Waals surface area contributed by atoms with E-state index >= 15 is 0 Å². The van der Waals surface area contributed by atoms with Gasteiger partial charge in [-0.15, -0.1) is 34.2 Å². The van der Waals surface area contributed by atoms with Gasteiger partial charge in [-0.2, -0.15) is 0 Å². The number of nitrogens with one attached hydrogen (secondary N) is 2. The van der Waals surface area contributed by atoms with E-state index in [0.29, 0.717) is 6.54 Å². The van der Waals surface area contributed by atoms with Crippen molar-refractivity contribution in [3.05, 3.63) is 46.5 Å². The van der Waals surface area contributed by atoms with E-state index in [4.69, 9.17) is 21.3 Å². The van der Waals surface area contributed by atoms with E-state index < -0.39 is 0 Å². The smallest absolute Gasteiger partial charge is 0.191 e. The first kappa shape index (κ1) is 25.2. The lowest BCUT2D eigenvalue weighted by molar-refractivity contribution is 0.0389. The number of hydrogen-bond donors (Lipinski definition) is 2. The average molecular weight is 574 g/mol. The molecule has 1 saturated heterocycles. The number of aromatic nitrogens is 3. The highest BCUT2D eigenvalue weighted by atomic mass is 127. The van der Waals surface area contributed by atoms with Crippen LogP contribution in [0.25, 0.3) is 0 Å². The van der Waals surface area contributed by atoms with E-state index in [1.165, 1.54) is 5.56 Å². The zero-order valence-electron chi connectivity index (χ0n) is 18.8. The van der Waals surface area contributed by atoms with Crippen molar-refractivity contribution in [2.45, 2.75) is 31.7 Å². The van der Waals surface area contributed by atoms with E-state index in [1.54, 1.807) is 0 Å². The summed E-state index contributed by atoms with van der Waals surface area (Å²) in [4.78, 5) is 7.21. The normalized spacial score (nSPS) is 18.2. The van der Waals surface area contributed by atoms with Crippen LogP contribution in [0, 0.1) is 6.92 Å². The van der Waals surface area contributed by atoms with Crippen LogP contribution in [0.2, 0.25) is 5.02 Å². The van der Waals surface area contributed by atoms with Crippen LogP contribution in [0.1, 0.15) is 30.1 Å². The number of morpholine rings is 1. The van der Waals surface area contributed by atoms with Crippen LogP contribution < -0.4 is 10.6 Å². The van der Waals surface area contributed by atoms with Crippen molar-refractivity contribution in [3.8, 4) is 0 Å². The van der Waals surface area contributed by atoms with Gasteiger partial charge in [0.2, 0.25) is 0 Å². The summed E-state index contributed by atoms with van der Waals surface area (Å²) in [5.41, 5.74) is 1.43. The quantitative estimate of drug-likeness (QED) is 0.287. The van der Waals surface area contributed by atoms with E-state index in [0.717, 1.165) is 81.4 Å². The summed E-state index contributed by atoms with van der Waals surface area (Å²) < 4.78 is 7.41. The highest BCUT2D eigenvalue weighted by Gasteiger charge is 2.44. The molecule has 0 spiro atoms. The largest absolute Gasteiger partial charge is 0.379 e. The minimum absolute atomic E-state index is 0. The molecule has 1 aliphatic carbocycles. The number of rotatable bonds is 8. The molecule has 176 valence electrons. The molecule has 0 amide bonds. The minimum Gasteiger partial charge on any atom is -0.379 e. The van der Waals surface area contributed by atoms with Gasteiger partial charge in [-0.05, 0) is 37.5 Å². The minimum atomic E-state index is 0. The molecule has 1 aromatic carbocycles. The van der Waals surface area contributed by atoms with E-state index in [2.05, 4.69) is 37.9 Å². The summed E-state index contributed by atoms with van der Waals surface area (Å²) >= 11 is 6.23. The molecule has 0 unspecified atom stereocenters. The Morgan fingerprint density at radius 2 is 2.00 bits per heavy atom.